The van der Waals surface area contributed by atoms with Crippen LogP contribution in [0, 0.1) is 0 Å². The molecule has 2 heterocycles. The molecule has 3 rings (SSSR count). The fourth-order valence-electron chi connectivity index (χ4n) is 3.55. The van der Waals surface area contributed by atoms with E-state index in [0.717, 1.165) is 18.5 Å². The average molecular weight is 358 g/mol. The minimum absolute atomic E-state index is 0.193. The van der Waals surface area contributed by atoms with E-state index < -0.39 is 5.60 Å². The highest BCUT2D eigenvalue weighted by molar-refractivity contribution is 6.00. The molecule has 1 aromatic carbocycles. The highest BCUT2D eigenvalue weighted by atomic mass is 16.6. The van der Waals surface area contributed by atoms with E-state index in [-0.39, 0.29) is 30.2 Å². The maximum atomic E-state index is 12.1. The van der Waals surface area contributed by atoms with E-state index in [0.29, 0.717) is 19.4 Å². The molecule has 1 N–H and O–H groups in total. The van der Waals surface area contributed by atoms with Gasteiger partial charge in [-0.3, -0.25) is 24.6 Å². The number of piperidine rings is 1. The van der Waals surface area contributed by atoms with Crippen molar-refractivity contribution < 1.29 is 19.1 Å². The zero-order valence-corrected chi connectivity index (χ0v) is 15.6. The number of imide groups is 1. The molecule has 6 nitrogen and oxygen atoms in total. The summed E-state index contributed by atoms with van der Waals surface area (Å²) in [4.78, 5) is 37.5. The van der Waals surface area contributed by atoms with Gasteiger partial charge in [0.1, 0.15) is 5.60 Å². The van der Waals surface area contributed by atoms with Crippen molar-refractivity contribution in [3.63, 3.8) is 0 Å². The van der Waals surface area contributed by atoms with E-state index >= 15 is 0 Å². The molecule has 0 bridgehead atoms. The van der Waals surface area contributed by atoms with Gasteiger partial charge < -0.3 is 4.74 Å². The standard InChI is InChI=1S/C20H26N2O4/c1-20(2,3)26-18(24)12-22-9-8-13-10-14(4-5-15(13)11-22)16-6-7-17(23)21-19(16)25/h4-5,10,16H,6-9,11-12H2,1-3H3,(H,21,23,25). The highest BCUT2D eigenvalue weighted by Crippen LogP contribution is 2.28. The van der Waals surface area contributed by atoms with Crippen LogP contribution in [0.1, 0.15) is 56.2 Å². The second-order valence-electron chi connectivity index (χ2n) is 8.08. The van der Waals surface area contributed by atoms with Gasteiger partial charge in [-0.2, -0.15) is 0 Å². The summed E-state index contributed by atoms with van der Waals surface area (Å²) in [5.74, 6) is -0.857. The van der Waals surface area contributed by atoms with Crippen LogP contribution in [0.5, 0.6) is 0 Å². The number of hydrogen-bond acceptors (Lipinski definition) is 5. The molecule has 0 saturated carbocycles. The monoisotopic (exact) mass is 358 g/mol. The van der Waals surface area contributed by atoms with Gasteiger partial charge in [0, 0.05) is 19.5 Å². The van der Waals surface area contributed by atoms with Crippen molar-refractivity contribution in [1.82, 2.24) is 10.2 Å². The van der Waals surface area contributed by atoms with Gasteiger partial charge in [-0.25, -0.2) is 0 Å². The lowest BCUT2D eigenvalue weighted by Gasteiger charge is -2.30. The number of ether oxygens (including phenoxy) is 1. The van der Waals surface area contributed by atoms with Gasteiger partial charge >= 0.3 is 5.97 Å². The third kappa shape index (κ3) is 4.49. The molecule has 0 radical (unpaired) electrons. The Kier molecular flexibility index (Phi) is 5.14. The maximum Gasteiger partial charge on any atom is 0.320 e. The third-order valence-electron chi connectivity index (χ3n) is 4.74. The molecule has 0 aliphatic carbocycles. The van der Waals surface area contributed by atoms with Crippen LogP contribution in [0.25, 0.3) is 0 Å². The number of amides is 2. The van der Waals surface area contributed by atoms with Crippen LogP contribution in [0.3, 0.4) is 0 Å². The summed E-state index contributed by atoms with van der Waals surface area (Å²) < 4.78 is 5.39. The summed E-state index contributed by atoms with van der Waals surface area (Å²) >= 11 is 0. The lowest BCUT2D eigenvalue weighted by Crippen LogP contribution is -2.40. The van der Waals surface area contributed by atoms with E-state index in [2.05, 4.69) is 16.3 Å². The number of fused-ring (bicyclic) bond motifs is 1. The largest absolute Gasteiger partial charge is 0.459 e. The summed E-state index contributed by atoms with van der Waals surface area (Å²) in [6, 6.07) is 6.09. The minimum atomic E-state index is -0.471. The fourth-order valence-corrected chi connectivity index (χ4v) is 3.55. The van der Waals surface area contributed by atoms with Gasteiger partial charge in [0.2, 0.25) is 11.8 Å². The van der Waals surface area contributed by atoms with Gasteiger partial charge in [0.25, 0.3) is 0 Å². The van der Waals surface area contributed by atoms with Gasteiger partial charge in [-0.15, -0.1) is 0 Å². The lowest BCUT2D eigenvalue weighted by molar-refractivity contribution is -0.156. The van der Waals surface area contributed by atoms with E-state index in [4.69, 9.17) is 4.74 Å². The van der Waals surface area contributed by atoms with Crippen molar-refractivity contribution in [1.29, 1.82) is 0 Å². The molecular formula is C20H26N2O4. The summed E-state index contributed by atoms with van der Waals surface area (Å²) in [5.41, 5.74) is 2.89. The predicted molar refractivity (Wildman–Crippen MR) is 96.4 cm³/mol. The third-order valence-corrected chi connectivity index (χ3v) is 4.74. The molecule has 2 aliphatic heterocycles. The van der Waals surface area contributed by atoms with Gasteiger partial charge in [0.15, 0.2) is 0 Å². The first kappa shape index (κ1) is 18.6. The van der Waals surface area contributed by atoms with E-state index in [1.165, 1.54) is 11.1 Å². The molecule has 6 heteroatoms. The fraction of sp³-hybridized carbons (Fsp3) is 0.550. The van der Waals surface area contributed by atoms with E-state index in [1.807, 2.05) is 32.9 Å². The Morgan fingerprint density at radius 1 is 1.23 bits per heavy atom. The molecule has 2 aliphatic rings. The SMILES string of the molecule is CC(C)(C)OC(=O)CN1CCc2cc(C3CCC(=O)NC3=O)ccc2C1. The molecular weight excluding hydrogens is 332 g/mol. The first-order valence-electron chi connectivity index (χ1n) is 9.11. The number of hydrogen-bond donors (Lipinski definition) is 1. The number of rotatable bonds is 3. The van der Waals surface area contributed by atoms with Crippen molar-refractivity contribution in [3.05, 3.63) is 34.9 Å². The van der Waals surface area contributed by atoms with Crippen molar-refractivity contribution in [2.75, 3.05) is 13.1 Å². The summed E-state index contributed by atoms with van der Waals surface area (Å²) in [5, 5.41) is 2.42. The minimum Gasteiger partial charge on any atom is -0.459 e. The molecule has 1 unspecified atom stereocenters. The predicted octanol–water partition coefficient (Wildman–Crippen LogP) is 1.91. The normalized spacial score (nSPS) is 21.1. The van der Waals surface area contributed by atoms with Crippen molar-refractivity contribution in [3.8, 4) is 0 Å². The molecule has 1 atom stereocenters. The number of carbonyl (C=O) groups excluding carboxylic acids is 3. The van der Waals surface area contributed by atoms with Crippen molar-refractivity contribution >= 4 is 17.8 Å². The van der Waals surface area contributed by atoms with E-state index in [9.17, 15) is 14.4 Å². The van der Waals surface area contributed by atoms with Crippen LogP contribution < -0.4 is 5.32 Å². The first-order chi connectivity index (χ1) is 12.2. The maximum absolute atomic E-state index is 12.1. The van der Waals surface area contributed by atoms with Crippen LogP contribution in [-0.2, 0) is 32.1 Å². The Hall–Kier alpha value is -2.21. The van der Waals surface area contributed by atoms with E-state index in [1.54, 1.807) is 0 Å². The second kappa shape index (κ2) is 7.19. The van der Waals surface area contributed by atoms with Gasteiger partial charge in [-0.1, -0.05) is 18.2 Å². The second-order valence-corrected chi connectivity index (χ2v) is 8.08. The molecule has 140 valence electrons. The van der Waals surface area contributed by atoms with Gasteiger partial charge in [-0.05, 0) is 50.3 Å². The molecule has 0 aromatic heterocycles. The Labute approximate surface area is 153 Å². The smallest absolute Gasteiger partial charge is 0.320 e. The van der Waals surface area contributed by atoms with Crippen LogP contribution >= 0.6 is 0 Å². The molecule has 2 amide bonds. The quantitative estimate of drug-likeness (QED) is 0.660. The Bertz CT molecular complexity index is 736. The Balaban J connectivity index is 1.65. The molecule has 26 heavy (non-hydrogen) atoms. The van der Waals surface area contributed by atoms with Crippen LogP contribution in [0.15, 0.2) is 18.2 Å². The zero-order valence-electron chi connectivity index (χ0n) is 15.6. The number of nitrogens with one attached hydrogen (secondary N) is 1. The molecule has 0 spiro atoms. The summed E-state index contributed by atoms with van der Waals surface area (Å²) in [7, 11) is 0. The first-order valence-corrected chi connectivity index (χ1v) is 9.11. The number of nitrogens with zero attached hydrogens (tertiary/aromatic N) is 1. The highest BCUT2D eigenvalue weighted by Gasteiger charge is 2.29. The number of carbonyl (C=O) groups is 3. The molecule has 1 saturated heterocycles. The number of esters is 1. The summed E-state index contributed by atoms with van der Waals surface area (Å²) in [6.07, 6.45) is 1.78. The molecule has 1 aromatic rings. The van der Waals surface area contributed by atoms with Crippen molar-refractivity contribution in [2.45, 2.75) is 58.1 Å². The van der Waals surface area contributed by atoms with Gasteiger partial charge in [0.05, 0.1) is 12.5 Å². The lowest BCUT2D eigenvalue weighted by atomic mass is 9.87. The Morgan fingerprint density at radius 2 is 2.00 bits per heavy atom. The Morgan fingerprint density at radius 3 is 2.69 bits per heavy atom. The van der Waals surface area contributed by atoms with Crippen molar-refractivity contribution in [2.24, 2.45) is 0 Å². The van der Waals surface area contributed by atoms with Crippen LogP contribution in [-0.4, -0.2) is 41.4 Å². The van der Waals surface area contributed by atoms with Crippen LogP contribution in [0.2, 0.25) is 0 Å². The topological polar surface area (TPSA) is 75.7 Å². The summed E-state index contributed by atoms with van der Waals surface area (Å²) in [6.45, 7) is 7.37. The zero-order chi connectivity index (χ0) is 18.9. The average Bonchev–Trinajstić information content (AvgIpc) is 2.52. The number of benzene rings is 1. The molecule has 1 fully saturated rings. The van der Waals surface area contributed by atoms with Crippen LogP contribution in [0.4, 0.5) is 0 Å².